The van der Waals surface area contributed by atoms with Gasteiger partial charge < -0.3 is 4.74 Å². The zero-order valence-corrected chi connectivity index (χ0v) is 6.56. The average Bonchev–Trinajstić information content (AvgIpc) is 1.91. The molecule has 0 aromatic carbocycles. The van der Waals surface area contributed by atoms with E-state index >= 15 is 0 Å². The highest BCUT2D eigenvalue weighted by atomic mass is 19.4. The van der Waals surface area contributed by atoms with Gasteiger partial charge in [0.15, 0.2) is 0 Å². The lowest BCUT2D eigenvalue weighted by atomic mass is 10.0. The van der Waals surface area contributed by atoms with Crippen molar-refractivity contribution in [1.82, 2.24) is 0 Å². The van der Waals surface area contributed by atoms with Gasteiger partial charge in [-0.3, -0.25) is 0 Å². The van der Waals surface area contributed by atoms with Gasteiger partial charge in [-0.25, -0.2) is 0 Å². The molecule has 0 spiro atoms. The Bertz CT molecular complexity index is 215. The predicted molar refractivity (Wildman–Crippen MR) is 38.1 cm³/mol. The fraction of sp³-hybridized carbons (Fsp3) is 0.500. The summed E-state index contributed by atoms with van der Waals surface area (Å²) in [4.78, 5) is 0. The maximum Gasteiger partial charge on any atom is 0.572 e. The first-order valence-electron chi connectivity index (χ1n) is 3.61. The predicted octanol–water partition coefficient (Wildman–Crippen LogP) is 3.00. The molecule has 0 aliphatic heterocycles. The number of hydrogen-bond donors (Lipinski definition) is 0. The number of allylic oxidation sites excluding steroid dienone is 4. The molecule has 1 atom stereocenters. The Balaban J connectivity index is 2.62. The molecular weight excluding hydrogens is 169 g/mol. The van der Waals surface area contributed by atoms with Crippen LogP contribution in [0.4, 0.5) is 13.2 Å². The molecule has 1 aliphatic carbocycles. The monoisotopic (exact) mass is 178 g/mol. The van der Waals surface area contributed by atoms with E-state index in [2.05, 4.69) is 4.74 Å². The Kier molecular flexibility index (Phi) is 2.45. The molecule has 0 amide bonds. The van der Waals surface area contributed by atoms with Gasteiger partial charge in [0, 0.05) is 5.92 Å². The second-order valence-electron chi connectivity index (χ2n) is 2.68. The Morgan fingerprint density at radius 2 is 2.17 bits per heavy atom. The summed E-state index contributed by atoms with van der Waals surface area (Å²) in [5, 5.41) is 0. The molecular formula is C8H9F3O. The molecule has 0 bridgehead atoms. The number of hydrogen-bond acceptors (Lipinski definition) is 1. The molecule has 1 aliphatic rings. The van der Waals surface area contributed by atoms with Gasteiger partial charge in [0.2, 0.25) is 0 Å². The number of halogens is 3. The lowest BCUT2D eigenvalue weighted by Gasteiger charge is -2.18. The van der Waals surface area contributed by atoms with Gasteiger partial charge in [-0.05, 0) is 12.5 Å². The minimum Gasteiger partial charge on any atom is -0.410 e. The highest BCUT2D eigenvalue weighted by Gasteiger charge is 2.33. The zero-order valence-electron chi connectivity index (χ0n) is 6.56. The van der Waals surface area contributed by atoms with Gasteiger partial charge in [-0.2, -0.15) is 0 Å². The Hall–Kier alpha value is -0.930. The number of ether oxygens (including phenoxy) is 1. The topological polar surface area (TPSA) is 9.23 Å². The quantitative estimate of drug-likeness (QED) is 0.599. The molecule has 1 rings (SSSR count). The van der Waals surface area contributed by atoms with Crippen LogP contribution in [0.1, 0.15) is 13.3 Å². The van der Waals surface area contributed by atoms with E-state index in [1.165, 1.54) is 6.08 Å². The second-order valence-corrected chi connectivity index (χ2v) is 2.68. The standard InChI is InChI=1S/C8H9F3O/c1-6-4-2-3-5-7(6)12-8(9,10)11/h2-3,5-6H,4H2,1H3/t6-/m0/s1. The highest BCUT2D eigenvalue weighted by Crippen LogP contribution is 2.28. The van der Waals surface area contributed by atoms with E-state index in [9.17, 15) is 13.2 Å². The van der Waals surface area contributed by atoms with E-state index in [0.29, 0.717) is 6.42 Å². The van der Waals surface area contributed by atoms with E-state index in [4.69, 9.17) is 0 Å². The SMILES string of the molecule is C[C@H]1CC=CC=C1OC(F)(F)F. The fourth-order valence-corrected chi connectivity index (χ4v) is 0.994. The van der Waals surface area contributed by atoms with Crippen LogP contribution in [-0.2, 0) is 4.74 Å². The summed E-state index contributed by atoms with van der Waals surface area (Å²) in [6.07, 6.45) is 0.768. The lowest BCUT2D eigenvalue weighted by Crippen LogP contribution is -2.17. The first kappa shape index (κ1) is 9.16. The molecule has 0 radical (unpaired) electrons. The van der Waals surface area contributed by atoms with Crippen molar-refractivity contribution in [3.8, 4) is 0 Å². The van der Waals surface area contributed by atoms with Gasteiger partial charge in [0.1, 0.15) is 5.76 Å². The van der Waals surface area contributed by atoms with Crippen LogP contribution in [0.3, 0.4) is 0 Å². The van der Waals surface area contributed by atoms with Crippen LogP contribution >= 0.6 is 0 Å². The van der Waals surface area contributed by atoms with Crippen LogP contribution in [0.5, 0.6) is 0 Å². The number of alkyl halides is 3. The largest absolute Gasteiger partial charge is 0.572 e. The van der Waals surface area contributed by atoms with Crippen LogP contribution in [0, 0.1) is 5.92 Å². The van der Waals surface area contributed by atoms with Crippen LogP contribution in [0.25, 0.3) is 0 Å². The molecule has 0 aromatic rings. The Labute approximate surface area is 68.5 Å². The summed E-state index contributed by atoms with van der Waals surface area (Å²) in [7, 11) is 0. The summed E-state index contributed by atoms with van der Waals surface area (Å²) in [6.45, 7) is 1.70. The van der Waals surface area contributed by atoms with Gasteiger partial charge in [0.05, 0.1) is 0 Å². The molecule has 0 aromatic heterocycles. The van der Waals surface area contributed by atoms with Crippen LogP contribution in [0.15, 0.2) is 24.0 Å². The molecule has 0 saturated heterocycles. The molecule has 0 N–H and O–H groups in total. The first-order chi connectivity index (χ1) is 5.49. The third-order valence-corrected chi connectivity index (χ3v) is 1.61. The van der Waals surface area contributed by atoms with Crippen molar-refractivity contribution in [2.45, 2.75) is 19.7 Å². The maximum absolute atomic E-state index is 11.7. The third-order valence-electron chi connectivity index (χ3n) is 1.61. The first-order valence-corrected chi connectivity index (χ1v) is 3.61. The van der Waals surface area contributed by atoms with Gasteiger partial charge in [-0.1, -0.05) is 19.1 Å². The summed E-state index contributed by atoms with van der Waals surface area (Å²) >= 11 is 0. The molecule has 4 heteroatoms. The molecule has 1 nitrogen and oxygen atoms in total. The summed E-state index contributed by atoms with van der Waals surface area (Å²) in [6, 6.07) is 0. The van der Waals surface area contributed by atoms with E-state index in [1.54, 1.807) is 13.0 Å². The smallest absolute Gasteiger partial charge is 0.410 e. The van der Waals surface area contributed by atoms with Crippen molar-refractivity contribution in [2.75, 3.05) is 0 Å². The normalized spacial score (nSPS) is 23.7. The lowest BCUT2D eigenvalue weighted by molar-refractivity contribution is -0.308. The molecule has 12 heavy (non-hydrogen) atoms. The van der Waals surface area contributed by atoms with Crippen LogP contribution in [0.2, 0.25) is 0 Å². The molecule has 0 unspecified atom stereocenters. The molecule has 0 heterocycles. The second kappa shape index (κ2) is 3.21. The zero-order chi connectivity index (χ0) is 9.19. The van der Waals surface area contributed by atoms with Crippen molar-refractivity contribution >= 4 is 0 Å². The molecule has 0 saturated carbocycles. The van der Waals surface area contributed by atoms with Gasteiger partial charge >= 0.3 is 6.36 Å². The minimum absolute atomic E-state index is 0.00926. The third kappa shape index (κ3) is 2.60. The van der Waals surface area contributed by atoms with Crippen molar-refractivity contribution in [3.63, 3.8) is 0 Å². The van der Waals surface area contributed by atoms with Crippen LogP contribution < -0.4 is 0 Å². The average molecular weight is 178 g/mol. The molecule has 0 fully saturated rings. The van der Waals surface area contributed by atoms with E-state index < -0.39 is 6.36 Å². The maximum atomic E-state index is 11.7. The van der Waals surface area contributed by atoms with Crippen LogP contribution in [-0.4, -0.2) is 6.36 Å². The summed E-state index contributed by atoms with van der Waals surface area (Å²) in [5.41, 5.74) is 0. The van der Waals surface area contributed by atoms with E-state index in [1.807, 2.05) is 6.08 Å². The van der Waals surface area contributed by atoms with E-state index in [-0.39, 0.29) is 11.7 Å². The molecule has 68 valence electrons. The van der Waals surface area contributed by atoms with Gasteiger partial charge in [-0.15, -0.1) is 13.2 Å². The fourth-order valence-electron chi connectivity index (χ4n) is 0.994. The Morgan fingerprint density at radius 1 is 1.50 bits per heavy atom. The van der Waals surface area contributed by atoms with E-state index in [0.717, 1.165) is 0 Å². The van der Waals surface area contributed by atoms with Crippen molar-refractivity contribution in [1.29, 1.82) is 0 Å². The minimum atomic E-state index is -4.56. The highest BCUT2D eigenvalue weighted by molar-refractivity contribution is 5.15. The Morgan fingerprint density at radius 3 is 2.67 bits per heavy atom. The number of rotatable bonds is 1. The van der Waals surface area contributed by atoms with Crippen molar-refractivity contribution in [2.24, 2.45) is 5.92 Å². The summed E-state index contributed by atoms with van der Waals surface area (Å²) in [5.74, 6) is -0.193. The summed E-state index contributed by atoms with van der Waals surface area (Å²) < 4.78 is 39.0. The van der Waals surface area contributed by atoms with Gasteiger partial charge in [0.25, 0.3) is 0 Å². The van der Waals surface area contributed by atoms with Crippen molar-refractivity contribution < 1.29 is 17.9 Å². The van der Waals surface area contributed by atoms with Crippen molar-refractivity contribution in [3.05, 3.63) is 24.0 Å².